The third-order valence-electron chi connectivity index (χ3n) is 4.35. The number of thiophene rings is 1. The summed E-state index contributed by atoms with van der Waals surface area (Å²) in [5.74, 6) is 0. The lowest BCUT2D eigenvalue weighted by molar-refractivity contribution is 0.203. The Labute approximate surface area is 177 Å². The molecule has 0 spiro atoms. The number of hydrogen-bond acceptors (Lipinski definition) is 5. The van der Waals surface area contributed by atoms with E-state index in [1.165, 1.54) is 10.4 Å². The molecular formula is C23H27NO3S2. The standard InChI is InChI=1S/C23H27NO3S2/c1-23(2,3)16-27-29(25,26)20-12-8-18(9-13-20)22-15-14-21(28-22)17-6-10-19(11-7-17)24(4)5/h6-15H,16H2,1-5H3. The molecule has 0 saturated heterocycles. The zero-order valence-corrected chi connectivity index (χ0v) is 19.1. The lowest BCUT2D eigenvalue weighted by Gasteiger charge is -2.17. The van der Waals surface area contributed by atoms with Crippen molar-refractivity contribution in [1.82, 2.24) is 0 Å². The third-order valence-corrected chi connectivity index (χ3v) is 6.81. The number of rotatable bonds is 6. The van der Waals surface area contributed by atoms with E-state index in [0.29, 0.717) is 0 Å². The van der Waals surface area contributed by atoms with Crippen molar-refractivity contribution in [3.8, 4) is 20.9 Å². The van der Waals surface area contributed by atoms with E-state index in [-0.39, 0.29) is 16.9 Å². The van der Waals surface area contributed by atoms with E-state index in [0.717, 1.165) is 16.1 Å². The van der Waals surface area contributed by atoms with Crippen LogP contribution in [-0.2, 0) is 14.3 Å². The zero-order valence-electron chi connectivity index (χ0n) is 17.5. The minimum absolute atomic E-state index is 0.151. The van der Waals surface area contributed by atoms with Crippen LogP contribution in [0.2, 0.25) is 0 Å². The topological polar surface area (TPSA) is 46.6 Å². The number of nitrogens with zero attached hydrogens (tertiary/aromatic N) is 1. The van der Waals surface area contributed by atoms with Gasteiger partial charge in [-0.25, -0.2) is 0 Å². The van der Waals surface area contributed by atoms with Crippen LogP contribution in [0.15, 0.2) is 65.6 Å². The molecule has 0 unspecified atom stereocenters. The Morgan fingerprint density at radius 2 is 1.31 bits per heavy atom. The van der Waals surface area contributed by atoms with Gasteiger partial charge in [0.25, 0.3) is 10.1 Å². The second-order valence-electron chi connectivity index (χ2n) is 8.41. The minimum atomic E-state index is -3.74. The van der Waals surface area contributed by atoms with Gasteiger partial charge in [-0.2, -0.15) is 8.42 Å². The van der Waals surface area contributed by atoms with Crippen LogP contribution in [0.1, 0.15) is 20.8 Å². The van der Waals surface area contributed by atoms with Gasteiger partial charge < -0.3 is 4.90 Å². The van der Waals surface area contributed by atoms with Gasteiger partial charge in [-0.3, -0.25) is 4.18 Å². The molecule has 0 aliphatic heterocycles. The zero-order chi connectivity index (χ0) is 21.2. The van der Waals surface area contributed by atoms with Crippen molar-refractivity contribution in [3.05, 3.63) is 60.7 Å². The molecule has 154 valence electrons. The SMILES string of the molecule is CN(C)c1ccc(-c2ccc(-c3ccc(S(=O)(=O)OCC(C)(C)C)cc3)s2)cc1. The maximum atomic E-state index is 12.4. The van der Waals surface area contributed by atoms with E-state index in [9.17, 15) is 8.42 Å². The van der Waals surface area contributed by atoms with Crippen LogP contribution in [-0.4, -0.2) is 29.1 Å². The largest absolute Gasteiger partial charge is 0.378 e. The lowest BCUT2D eigenvalue weighted by atomic mass is 9.99. The highest BCUT2D eigenvalue weighted by Crippen LogP contribution is 2.35. The second kappa shape index (κ2) is 8.30. The average molecular weight is 430 g/mol. The molecule has 29 heavy (non-hydrogen) atoms. The summed E-state index contributed by atoms with van der Waals surface area (Å²) in [5, 5.41) is 0. The van der Waals surface area contributed by atoms with Crippen molar-refractivity contribution in [3.63, 3.8) is 0 Å². The molecule has 0 amide bonds. The molecule has 4 nitrogen and oxygen atoms in total. The summed E-state index contributed by atoms with van der Waals surface area (Å²) >= 11 is 1.69. The molecule has 0 atom stereocenters. The third kappa shape index (κ3) is 5.47. The molecule has 3 rings (SSSR count). The molecule has 3 aromatic rings. The summed E-state index contributed by atoms with van der Waals surface area (Å²) in [6.45, 7) is 5.97. The van der Waals surface area contributed by atoms with Gasteiger partial charge in [0, 0.05) is 29.5 Å². The number of hydrogen-bond donors (Lipinski definition) is 0. The molecule has 6 heteroatoms. The summed E-state index contributed by atoms with van der Waals surface area (Å²) in [7, 11) is 0.306. The van der Waals surface area contributed by atoms with Crippen LogP contribution in [0.4, 0.5) is 5.69 Å². The predicted molar refractivity (Wildman–Crippen MR) is 122 cm³/mol. The second-order valence-corrected chi connectivity index (χ2v) is 11.1. The highest BCUT2D eigenvalue weighted by molar-refractivity contribution is 7.86. The molecule has 0 aliphatic carbocycles. The van der Waals surface area contributed by atoms with Crippen LogP contribution < -0.4 is 4.90 Å². The van der Waals surface area contributed by atoms with Crippen LogP contribution in [0.25, 0.3) is 20.9 Å². The van der Waals surface area contributed by atoms with Gasteiger partial charge in [-0.05, 0) is 52.9 Å². The van der Waals surface area contributed by atoms with Crippen molar-refractivity contribution >= 4 is 27.1 Å². The van der Waals surface area contributed by atoms with Crippen molar-refractivity contribution in [2.24, 2.45) is 5.41 Å². The number of benzene rings is 2. The highest BCUT2D eigenvalue weighted by Gasteiger charge is 2.20. The van der Waals surface area contributed by atoms with Gasteiger partial charge in [-0.1, -0.05) is 45.0 Å². The molecule has 2 aromatic carbocycles. The van der Waals surface area contributed by atoms with Crippen LogP contribution in [0, 0.1) is 5.41 Å². The van der Waals surface area contributed by atoms with Gasteiger partial charge in [0.2, 0.25) is 0 Å². The van der Waals surface area contributed by atoms with Crippen molar-refractivity contribution < 1.29 is 12.6 Å². The van der Waals surface area contributed by atoms with Crippen molar-refractivity contribution in [2.45, 2.75) is 25.7 Å². The van der Waals surface area contributed by atoms with Crippen LogP contribution >= 0.6 is 11.3 Å². The van der Waals surface area contributed by atoms with Gasteiger partial charge in [0.05, 0.1) is 11.5 Å². The normalized spacial score (nSPS) is 12.2. The molecule has 0 fully saturated rings. The summed E-state index contributed by atoms with van der Waals surface area (Å²) < 4.78 is 29.9. The van der Waals surface area contributed by atoms with Gasteiger partial charge >= 0.3 is 0 Å². The van der Waals surface area contributed by atoms with E-state index in [4.69, 9.17) is 4.18 Å². The number of anilines is 1. The van der Waals surface area contributed by atoms with Gasteiger partial charge in [-0.15, -0.1) is 11.3 Å². The Kier molecular flexibility index (Phi) is 6.17. The Balaban J connectivity index is 1.77. The lowest BCUT2D eigenvalue weighted by Crippen LogP contribution is -2.18. The van der Waals surface area contributed by atoms with E-state index in [1.54, 1.807) is 23.5 Å². The fraction of sp³-hybridized carbons (Fsp3) is 0.304. The van der Waals surface area contributed by atoms with Crippen LogP contribution in [0.5, 0.6) is 0 Å². The van der Waals surface area contributed by atoms with Crippen molar-refractivity contribution in [2.75, 3.05) is 25.6 Å². The average Bonchev–Trinajstić information content (AvgIpc) is 3.16. The highest BCUT2D eigenvalue weighted by atomic mass is 32.2. The molecule has 0 N–H and O–H groups in total. The first-order chi connectivity index (χ1) is 13.5. The minimum Gasteiger partial charge on any atom is -0.378 e. The monoisotopic (exact) mass is 429 g/mol. The Bertz CT molecular complexity index is 1060. The smallest absolute Gasteiger partial charge is 0.296 e. The first kappa shape index (κ1) is 21.6. The molecule has 1 aromatic heterocycles. The summed E-state index contributed by atoms with van der Waals surface area (Å²) in [5.41, 5.74) is 3.10. The maximum Gasteiger partial charge on any atom is 0.296 e. The Morgan fingerprint density at radius 3 is 1.76 bits per heavy atom. The van der Waals surface area contributed by atoms with Crippen LogP contribution in [0.3, 0.4) is 0 Å². The maximum absolute atomic E-state index is 12.4. The first-order valence-electron chi connectivity index (χ1n) is 9.43. The van der Waals surface area contributed by atoms with Crippen molar-refractivity contribution in [1.29, 1.82) is 0 Å². The first-order valence-corrected chi connectivity index (χ1v) is 11.7. The fourth-order valence-electron chi connectivity index (χ4n) is 2.68. The predicted octanol–water partition coefficient (Wildman–Crippen LogP) is 5.90. The Hall–Kier alpha value is -2.15. The molecule has 0 bridgehead atoms. The summed E-state index contributed by atoms with van der Waals surface area (Å²) in [4.78, 5) is 4.53. The molecule has 0 aliphatic rings. The summed E-state index contributed by atoms with van der Waals surface area (Å²) in [6, 6.07) is 19.5. The fourth-order valence-corrected chi connectivity index (χ4v) is 4.81. The van der Waals surface area contributed by atoms with E-state index in [2.05, 4.69) is 41.3 Å². The Morgan fingerprint density at radius 1 is 0.828 bits per heavy atom. The molecular weight excluding hydrogens is 402 g/mol. The van der Waals surface area contributed by atoms with E-state index in [1.807, 2.05) is 47.0 Å². The summed E-state index contributed by atoms with van der Waals surface area (Å²) in [6.07, 6.45) is 0. The van der Waals surface area contributed by atoms with Gasteiger partial charge in [0.1, 0.15) is 0 Å². The molecule has 0 radical (unpaired) electrons. The molecule has 0 saturated carbocycles. The van der Waals surface area contributed by atoms with Gasteiger partial charge in [0.15, 0.2) is 0 Å². The quantitative estimate of drug-likeness (QED) is 0.458. The molecule has 1 heterocycles. The van der Waals surface area contributed by atoms with E-state index >= 15 is 0 Å². The van der Waals surface area contributed by atoms with E-state index < -0.39 is 10.1 Å².